The molecule has 1 unspecified atom stereocenters. The Labute approximate surface area is 232 Å². The molecule has 7 heteroatoms. The van der Waals surface area contributed by atoms with Crippen LogP contribution in [-0.4, -0.2) is 24.3 Å². The van der Waals surface area contributed by atoms with E-state index < -0.39 is 6.04 Å². The van der Waals surface area contributed by atoms with Crippen molar-refractivity contribution in [1.29, 1.82) is 0 Å². The number of hydrogen-bond donors (Lipinski definition) is 1. The standard InChI is InChI=1S/C31H27Cl2NO4/c32-25-13-16-28(33)24(18-25)19-31(36)34-29(21-37-20-23-7-3-1-4-8-23)30(35)17-22-11-14-27(15-12-22)38-26-9-5-2-6-10-26/h1-16,18,29H,17,19-21H2,(H,34,36). The van der Waals surface area contributed by atoms with Crippen LogP contribution in [0.4, 0.5) is 0 Å². The molecule has 194 valence electrons. The van der Waals surface area contributed by atoms with Crippen LogP contribution in [0.15, 0.2) is 103 Å². The molecular formula is C31H27Cl2NO4. The van der Waals surface area contributed by atoms with Crippen LogP contribution in [0.1, 0.15) is 16.7 Å². The van der Waals surface area contributed by atoms with Crippen molar-refractivity contribution in [2.45, 2.75) is 25.5 Å². The minimum Gasteiger partial charge on any atom is -0.457 e. The van der Waals surface area contributed by atoms with Crippen LogP contribution < -0.4 is 10.1 Å². The summed E-state index contributed by atoms with van der Waals surface area (Å²) >= 11 is 12.3. The van der Waals surface area contributed by atoms with Gasteiger partial charge in [0.15, 0.2) is 5.78 Å². The molecule has 0 spiro atoms. The summed E-state index contributed by atoms with van der Waals surface area (Å²) in [6.07, 6.45) is 0.122. The lowest BCUT2D eigenvalue weighted by Crippen LogP contribution is -2.45. The van der Waals surface area contributed by atoms with Gasteiger partial charge in [-0.25, -0.2) is 0 Å². The number of ether oxygens (including phenoxy) is 2. The molecule has 0 aromatic heterocycles. The Morgan fingerprint density at radius 3 is 2.11 bits per heavy atom. The average Bonchev–Trinajstić information content (AvgIpc) is 2.92. The van der Waals surface area contributed by atoms with Gasteiger partial charge in [0, 0.05) is 16.5 Å². The third-order valence-corrected chi connectivity index (χ3v) is 6.36. The van der Waals surface area contributed by atoms with Crippen LogP contribution in [0.3, 0.4) is 0 Å². The molecule has 0 aliphatic carbocycles. The smallest absolute Gasteiger partial charge is 0.225 e. The molecule has 4 aromatic carbocycles. The number of hydrogen-bond acceptors (Lipinski definition) is 4. The van der Waals surface area contributed by atoms with Crippen molar-refractivity contribution in [1.82, 2.24) is 5.32 Å². The number of para-hydroxylation sites is 1. The van der Waals surface area contributed by atoms with E-state index in [1.54, 1.807) is 18.2 Å². The molecule has 4 rings (SSSR count). The summed E-state index contributed by atoms with van der Waals surface area (Å²) in [5.41, 5.74) is 2.36. The van der Waals surface area contributed by atoms with Crippen molar-refractivity contribution < 1.29 is 19.1 Å². The number of carbonyl (C=O) groups excluding carboxylic acids is 2. The molecule has 0 aliphatic heterocycles. The van der Waals surface area contributed by atoms with Crippen molar-refractivity contribution in [2.24, 2.45) is 0 Å². The maximum absolute atomic E-state index is 13.3. The maximum atomic E-state index is 13.3. The van der Waals surface area contributed by atoms with Crippen LogP contribution in [0.25, 0.3) is 0 Å². The van der Waals surface area contributed by atoms with Crippen molar-refractivity contribution in [3.63, 3.8) is 0 Å². The van der Waals surface area contributed by atoms with Gasteiger partial charge in [-0.2, -0.15) is 0 Å². The quantitative estimate of drug-likeness (QED) is 0.211. The Morgan fingerprint density at radius 1 is 0.737 bits per heavy atom. The van der Waals surface area contributed by atoms with Crippen LogP contribution in [-0.2, 0) is 33.8 Å². The van der Waals surface area contributed by atoms with Gasteiger partial charge in [-0.05, 0) is 59.2 Å². The Morgan fingerprint density at radius 2 is 1.39 bits per heavy atom. The van der Waals surface area contributed by atoms with Gasteiger partial charge in [-0.1, -0.05) is 83.9 Å². The SMILES string of the molecule is O=C(Cc1cc(Cl)ccc1Cl)NC(COCc1ccccc1)C(=O)Cc1ccc(Oc2ccccc2)cc1. The number of rotatable bonds is 12. The maximum Gasteiger partial charge on any atom is 0.225 e. The summed E-state index contributed by atoms with van der Waals surface area (Å²) in [4.78, 5) is 26.1. The Kier molecular flexibility index (Phi) is 9.93. The predicted molar refractivity (Wildman–Crippen MR) is 150 cm³/mol. The number of halogens is 2. The van der Waals surface area contributed by atoms with Crippen molar-refractivity contribution in [2.75, 3.05) is 6.61 Å². The van der Waals surface area contributed by atoms with Gasteiger partial charge in [0.25, 0.3) is 0 Å². The van der Waals surface area contributed by atoms with Crippen molar-refractivity contribution in [3.8, 4) is 11.5 Å². The molecule has 1 N–H and O–H groups in total. The highest BCUT2D eigenvalue weighted by molar-refractivity contribution is 6.33. The fourth-order valence-corrected chi connectivity index (χ4v) is 4.18. The molecule has 38 heavy (non-hydrogen) atoms. The molecule has 0 radical (unpaired) electrons. The molecule has 5 nitrogen and oxygen atoms in total. The zero-order chi connectivity index (χ0) is 26.7. The van der Waals surface area contributed by atoms with Gasteiger partial charge < -0.3 is 14.8 Å². The summed E-state index contributed by atoms with van der Waals surface area (Å²) in [5.74, 6) is 0.888. The number of nitrogens with one attached hydrogen (secondary N) is 1. The average molecular weight is 548 g/mol. The summed E-state index contributed by atoms with van der Waals surface area (Å²) in [5, 5.41) is 3.74. The van der Waals surface area contributed by atoms with Gasteiger partial charge in [-0.15, -0.1) is 0 Å². The molecule has 1 amide bonds. The van der Waals surface area contributed by atoms with E-state index in [0.717, 1.165) is 16.9 Å². The van der Waals surface area contributed by atoms with Gasteiger partial charge >= 0.3 is 0 Å². The molecule has 4 aromatic rings. The Hall–Kier alpha value is -3.64. The van der Waals surface area contributed by atoms with Gasteiger partial charge in [0.05, 0.1) is 19.6 Å². The van der Waals surface area contributed by atoms with Crippen molar-refractivity contribution >= 4 is 34.9 Å². The highest BCUT2D eigenvalue weighted by atomic mass is 35.5. The number of benzene rings is 4. The normalized spacial score (nSPS) is 11.5. The molecular weight excluding hydrogens is 521 g/mol. The monoisotopic (exact) mass is 547 g/mol. The highest BCUT2D eigenvalue weighted by Gasteiger charge is 2.22. The van der Waals surface area contributed by atoms with Crippen LogP contribution in [0.5, 0.6) is 11.5 Å². The third kappa shape index (κ3) is 8.45. The molecule has 0 fully saturated rings. The number of ketones is 1. The number of amides is 1. The van der Waals surface area contributed by atoms with E-state index in [4.69, 9.17) is 32.7 Å². The first-order chi connectivity index (χ1) is 18.5. The minimum absolute atomic E-state index is 0.00657. The second-order valence-corrected chi connectivity index (χ2v) is 9.58. The van der Waals surface area contributed by atoms with Crippen LogP contribution in [0, 0.1) is 0 Å². The highest BCUT2D eigenvalue weighted by Crippen LogP contribution is 2.22. The molecule has 0 bridgehead atoms. The molecule has 0 heterocycles. The van der Waals surface area contributed by atoms with Crippen LogP contribution in [0.2, 0.25) is 10.0 Å². The largest absolute Gasteiger partial charge is 0.457 e. The van der Waals surface area contributed by atoms with E-state index in [9.17, 15) is 9.59 Å². The first kappa shape index (κ1) is 27.4. The number of Topliss-reactive ketones (excluding diaryl/α,β-unsaturated/α-hetero) is 1. The second-order valence-electron chi connectivity index (χ2n) is 8.74. The zero-order valence-corrected chi connectivity index (χ0v) is 22.1. The molecule has 0 saturated carbocycles. The van der Waals surface area contributed by atoms with Crippen molar-refractivity contribution in [3.05, 3.63) is 130 Å². The third-order valence-electron chi connectivity index (χ3n) is 5.76. The fourth-order valence-electron chi connectivity index (χ4n) is 3.81. The lowest BCUT2D eigenvalue weighted by atomic mass is 10.0. The Balaban J connectivity index is 1.40. The molecule has 0 aliphatic rings. The summed E-state index contributed by atoms with van der Waals surface area (Å²) in [7, 11) is 0. The van der Waals surface area contributed by atoms with E-state index >= 15 is 0 Å². The van der Waals surface area contributed by atoms with E-state index in [0.29, 0.717) is 28.0 Å². The van der Waals surface area contributed by atoms with E-state index in [1.165, 1.54) is 0 Å². The van der Waals surface area contributed by atoms with Crippen LogP contribution >= 0.6 is 23.2 Å². The zero-order valence-electron chi connectivity index (χ0n) is 20.6. The van der Waals surface area contributed by atoms with Gasteiger partial charge in [0.2, 0.25) is 5.91 Å². The Bertz CT molecular complexity index is 1350. The van der Waals surface area contributed by atoms with E-state index in [-0.39, 0.29) is 31.1 Å². The molecule has 0 saturated heterocycles. The fraction of sp³-hybridized carbons (Fsp3) is 0.161. The molecule has 1 atom stereocenters. The van der Waals surface area contributed by atoms with E-state index in [2.05, 4.69) is 5.32 Å². The van der Waals surface area contributed by atoms with E-state index in [1.807, 2.05) is 84.9 Å². The summed E-state index contributed by atoms with van der Waals surface area (Å²) in [6.45, 7) is 0.365. The topological polar surface area (TPSA) is 64.6 Å². The summed E-state index contributed by atoms with van der Waals surface area (Å²) in [6, 6.07) is 30.5. The number of carbonyl (C=O) groups is 2. The summed E-state index contributed by atoms with van der Waals surface area (Å²) < 4.78 is 11.6. The minimum atomic E-state index is -0.829. The first-order valence-electron chi connectivity index (χ1n) is 12.2. The lowest BCUT2D eigenvalue weighted by Gasteiger charge is -2.19. The first-order valence-corrected chi connectivity index (χ1v) is 12.9. The lowest BCUT2D eigenvalue weighted by molar-refractivity contribution is -0.128. The second kappa shape index (κ2) is 13.8. The van der Waals surface area contributed by atoms with Gasteiger partial charge in [-0.3, -0.25) is 9.59 Å². The van der Waals surface area contributed by atoms with Gasteiger partial charge in [0.1, 0.15) is 17.5 Å². The predicted octanol–water partition coefficient (Wildman–Crippen LogP) is 6.84.